The van der Waals surface area contributed by atoms with Crippen LogP contribution in [0.3, 0.4) is 0 Å². The molecule has 1 aromatic carbocycles. The number of nitrogens with zero attached hydrogens (tertiary/aromatic N) is 3. The predicted molar refractivity (Wildman–Crippen MR) is 84.2 cm³/mol. The van der Waals surface area contributed by atoms with E-state index >= 15 is 0 Å². The fourth-order valence-corrected chi connectivity index (χ4v) is 4.64. The number of rotatable bonds is 4. The highest BCUT2D eigenvalue weighted by molar-refractivity contribution is 7.91. The normalized spacial score (nSPS) is 20.3. The maximum Gasteiger partial charge on any atom is 0.224 e. The standard InChI is InChI=1S/C15H19N3O3S/c1-17(12-7-9-22(20,21)10-12)15(19)6-8-18-11-16-13-4-2-3-5-14(13)18/h2-5,11-12H,6-10H2,1H3/t12-/m1/s1. The second-order valence-corrected chi connectivity index (χ2v) is 7.97. The lowest BCUT2D eigenvalue weighted by Crippen LogP contribution is -2.38. The molecule has 1 aliphatic rings. The van der Waals surface area contributed by atoms with Gasteiger partial charge in [0.2, 0.25) is 5.91 Å². The number of imidazole rings is 1. The molecule has 2 heterocycles. The Morgan fingerprint density at radius 2 is 2.18 bits per heavy atom. The van der Waals surface area contributed by atoms with Crippen LogP contribution in [0.1, 0.15) is 12.8 Å². The number of amides is 1. The highest BCUT2D eigenvalue weighted by Crippen LogP contribution is 2.18. The van der Waals surface area contributed by atoms with Gasteiger partial charge in [-0.3, -0.25) is 4.79 Å². The van der Waals surface area contributed by atoms with E-state index in [2.05, 4.69) is 4.98 Å². The van der Waals surface area contributed by atoms with Gasteiger partial charge in [-0.15, -0.1) is 0 Å². The Morgan fingerprint density at radius 3 is 2.91 bits per heavy atom. The van der Waals surface area contributed by atoms with Gasteiger partial charge in [-0.1, -0.05) is 12.1 Å². The number of aryl methyl sites for hydroxylation is 1. The first-order valence-corrected chi connectivity index (χ1v) is 9.14. The fraction of sp³-hybridized carbons (Fsp3) is 0.467. The molecule has 0 saturated carbocycles. The summed E-state index contributed by atoms with van der Waals surface area (Å²) in [5.41, 5.74) is 1.91. The van der Waals surface area contributed by atoms with Gasteiger partial charge in [0.1, 0.15) is 0 Å². The zero-order chi connectivity index (χ0) is 15.7. The largest absolute Gasteiger partial charge is 0.342 e. The van der Waals surface area contributed by atoms with Crippen LogP contribution < -0.4 is 0 Å². The summed E-state index contributed by atoms with van der Waals surface area (Å²) < 4.78 is 25.0. The van der Waals surface area contributed by atoms with Gasteiger partial charge in [0.05, 0.1) is 28.9 Å². The minimum absolute atomic E-state index is 0.0279. The summed E-state index contributed by atoms with van der Waals surface area (Å²) in [5.74, 6) is 0.241. The smallest absolute Gasteiger partial charge is 0.224 e. The van der Waals surface area contributed by atoms with Gasteiger partial charge >= 0.3 is 0 Å². The van der Waals surface area contributed by atoms with E-state index in [1.54, 1.807) is 18.3 Å². The summed E-state index contributed by atoms with van der Waals surface area (Å²) in [6.07, 6.45) is 2.62. The summed E-state index contributed by atoms with van der Waals surface area (Å²) in [5, 5.41) is 0. The molecule has 1 amide bonds. The third-order valence-corrected chi connectivity index (χ3v) is 5.99. The van der Waals surface area contributed by atoms with Crippen molar-refractivity contribution < 1.29 is 13.2 Å². The number of carbonyl (C=O) groups excluding carboxylic acids is 1. The molecule has 118 valence electrons. The first-order valence-electron chi connectivity index (χ1n) is 7.32. The van der Waals surface area contributed by atoms with Crippen LogP contribution in [-0.2, 0) is 21.2 Å². The molecular formula is C15H19N3O3S. The van der Waals surface area contributed by atoms with Crippen molar-refractivity contribution in [1.82, 2.24) is 14.5 Å². The van der Waals surface area contributed by atoms with E-state index in [0.717, 1.165) is 11.0 Å². The lowest BCUT2D eigenvalue weighted by molar-refractivity contribution is -0.131. The zero-order valence-electron chi connectivity index (χ0n) is 12.5. The quantitative estimate of drug-likeness (QED) is 0.844. The molecule has 1 fully saturated rings. The Labute approximate surface area is 129 Å². The SMILES string of the molecule is CN(C(=O)CCn1cnc2ccccc21)[C@@H]1CCS(=O)(=O)C1. The third-order valence-electron chi connectivity index (χ3n) is 4.24. The average molecular weight is 321 g/mol. The summed E-state index contributed by atoms with van der Waals surface area (Å²) >= 11 is 0. The Balaban J connectivity index is 1.63. The summed E-state index contributed by atoms with van der Waals surface area (Å²) in [6.45, 7) is 0.545. The number of para-hydroxylation sites is 2. The molecule has 6 nitrogen and oxygen atoms in total. The molecular weight excluding hydrogens is 302 g/mol. The van der Waals surface area contributed by atoms with Gasteiger partial charge < -0.3 is 9.47 Å². The van der Waals surface area contributed by atoms with Crippen LogP contribution in [0.4, 0.5) is 0 Å². The van der Waals surface area contributed by atoms with Crippen LogP contribution in [0, 0.1) is 0 Å². The first-order chi connectivity index (χ1) is 10.5. The average Bonchev–Trinajstić information content (AvgIpc) is 3.07. The molecule has 7 heteroatoms. The van der Waals surface area contributed by atoms with Gasteiger partial charge in [0, 0.05) is 26.1 Å². The highest BCUT2D eigenvalue weighted by Gasteiger charge is 2.32. The number of carbonyl (C=O) groups is 1. The maximum atomic E-state index is 12.3. The molecule has 1 atom stereocenters. The maximum absolute atomic E-state index is 12.3. The van der Waals surface area contributed by atoms with E-state index < -0.39 is 9.84 Å². The lowest BCUT2D eigenvalue weighted by atomic mass is 10.2. The number of sulfone groups is 1. The van der Waals surface area contributed by atoms with E-state index in [1.807, 2.05) is 28.8 Å². The molecule has 0 unspecified atom stereocenters. The van der Waals surface area contributed by atoms with Crippen molar-refractivity contribution in [2.75, 3.05) is 18.6 Å². The number of fused-ring (bicyclic) bond motifs is 1. The van der Waals surface area contributed by atoms with E-state index in [9.17, 15) is 13.2 Å². The molecule has 0 bridgehead atoms. The van der Waals surface area contributed by atoms with Crippen molar-refractivity contribution in [1.29, 1.82) is 0 Å². The van der Waals surface area contributed by atoms with Gasteiger partial charge in [0.15, 0.2) is 9.84 Å². The molecule has 1 aromatic heterocycles. The molecule has 0 radical (unpaired) electrons. The second kappa shape index (κ2) is 5.72. The first kappa shape index (κ1) is 15.0. The molecule has 0 spiro atoms. The fourth-order valence-electron chi connectivity index (χ4n) is 2.87. The number of aromatic nitrogens is 2. The van der Waals surface area contributed by atoms with E-state index in [4.69, 9.17) is 0 Å². The minimum Gasteiger partial charge on any atom is -0.342 e. The Bertz CT molecular complexity index is 797. The molecule has 1 aliphatic heterocycles. The van der Waals surface area contributed by atoms with Crippen LogP contribution in [0.5, 0.6) is 0 Å². The van der Waals surface area contributed by atoms with Gasteiger partial charge in [-0.05, 0) is 18.6 Å². The molecule has 22 heavy (non-hydrogen) atoms. The van der Waals surface area contributed by atoms with E-state index in [0.29, 0.717) is 19.4 Å². The minimum atomic E-state index is -2.97. The van der Waals surface area contributed by atoms with Crippen LogP contribution in [0.2, 0.25) is 0 Å². The topological polar surface area (TPSA) is 72.3 Å². The third kappa shape index (κ3) is 2.99. The molecule has 0 aliphatic carbocycles. The number of hydrogen-bond acceptors (Lipinski definition) is 4. The second-order valence-electron chi connectivity index (χ2n) is 5.74. The van der Waals surface area contributed by atoms with Crippen molar-refractivity contribution in [2.24, 2.45) is 0 Å². The van der Waals surface area contributed by atoms with Gasteiger partial charge in [0.25, 0.3) is 0 Å². The summed E-state index contributed by atoms with van der Waals surface area (Å²) in [7, 11) is -1.28. The lowest BCUT2D eigenvalue weighted by Gasteiger charge is -2.23. The summed E-state index contributed by atoms with van der Waals surface area (Å²) in [6, 6.07) is 7.59. The number of hydrogen-bond donors (Lipinski definition) is 0. The van der Waals surface area contributed by atoms with Crippen molar-refractivity contribution in [3.8, 4) is 0 Å². The molecule has 1 saturated heterocycles. The molecule has 2 aromatic rings. The van der Waals surface area contributed by atoms with Gasteiger partial charge in [-0.25, -0.2) is 13.4 Å². The van der Waals surface area contributed by atoms with Crippen LogP contribution >= 0.6 is 0 Å². The number of benzene rings is 1. The van der Waals surface area contributed by atoms with Crippen molar-refractivity contribution in [3.05, 3.63) is 30.6 Å². The van der Waals surface area contributed by atoms with Crippen LogP contribution in [0.25, 0.3) is 11.0 Å². The van der Waals surface area contributed by atoms with Crippen LogP contribution in [-0.4, -0.2) is 53.4 Å². The Hall–Kier alpha value is -1.89. The van der Waals surface area contributed by atoms with Crippen LogP contribution in [0.15, 0.2) is 30.6 Å². The highest BCUT2D eigenvalue weighted by atomic mass is 32.2. The molecule has 0 N–H and O–H groups in total. The Morgan fingerprint density at radius 1 is 1.41 bits per heavy atom. The van der Waals surface area contributed by atoms with Crippen molar-refractivity contribution in [2.45, 2.75) is 25.4 Å². The van der Waals surface area contributed by atoms with Crippen molar-refractivity contribution >= 4 is 26.8 Å². The Kier molecular flexibility index (Phi) is 3.90. The monoisotopic (exact) mass is 321 g/mol. The predicted octanol–water partition coefficient (Wildman–Crippen LogP) is 1.07. The van der Waals surface area contributed by atoms with E-state index in [1.165, 1.54) is 0 Å². The van der Waals surface area contributed by atoms with E-state index in [-0.39, 0.29) is 23.5 Å². The molecule has 3 rings (SSSR count). The summed E-state index contributed by atoms with van der Waals surface area (Å²) in [4.78, 5) is 18.2. The van der Waals surface area contributed by atoms with Crippen molar-refractivity contribution in [3.63, 3.8) is 0 Å². The van der Waals surface area contributed by atoms with Gasteiger partial charge in [-0.2, -0.15) is 0 Å². The zero-order valence-corrected chi connectivity index (χ0v) is 13.3.